The van der Waals surface area contributed by atoms with Gasteiger partial charge in [-0.3, -0.25) is 0 Å². The van der Waals surface area contributed by atoms with E-state index in [1.807, 2.05) is 0 Å². The summed E-state index contributed by atoms with van der Waals surface area (Å²) in [4.78, 5) is 1.17. The molecule has 0 fully saturated rings. The Labute approximate surface area is 81.5 Å². The first kappa shape index (κ1) is 8.77. The molecule has 0 aromatic rings. The van der Waals surface area contributed by atoms with E-state index >= 15 is 0 Å². The van der Waals surface area contributed by atoms with Crippen LogP contribution in [0.3, 0.4) is 0 Å². The topological polar surface area (TPSA) is 9.23 Å². The summed E-state index contributed by atoms with van der Waals surface area (Å²) >= 11 is 16.1. The van der Waals surface area contributed by atoms with Gasteiger partial charge >= 0.3 is 0 Å². The minimum atomic E-state index is -0.355. The molecule has 0 saturated carbocycles. The average molecular weight is 209 g/mol. The van der Waals surface area contributed by atoms with Gasteiger partial charge in [-0.15, -0.1) is 50.5 Å². The molecule has 1 aliphatic rings. The molecule has 1 heterocycles. The molecule has 55 valence electrons. The highest BCUT2D eigenvalue weighted by Crippen LogP contribution is 2.29. The molecule has 1 radical (unpaired) electrons. The van der Waals surface area contributed by atoms with Crippen LogP contribution in [0.4, 0.5) is 0 Å². The normalized spacial score (nSPS) is 26.0. The Hall–Kier alpha value is 0.680. The zero-order valence-electron chi connectivity index (χ0n) is 4.77. The lowest BCUT2D eigenvalue weighted by Crippen LogP contribution is -2.08. The first-order valence-electron chi connectivity index (χ1n) is 2.41. The summed E-state index contributed by atoms with van der Waals surface area (Å²) in [6, 6.07) is 0. The van der Waals surface area contributed by atoms with Crippen molar-refractivity contribution in [2.24, 2.45) is 0 Å². The molecule has 1 unspecified atom stereocenters. The van der Waals surface area contributed by atoms with Crippen molar-refractivity contribution < 1.29 is 4.74 Å². The molecule has 0 aromatic carbocycles. The van der Waals surface area contributed by atoms with Crippen molar-refractivity contribution in [2.75, 3.05) is 0 Å². The fourth-order valence-corrected chi connectivity index (χ4v) is 1.29. The lowest BCUT2D eigenvalue weighted by Gasteiger charge is -2.18. The van der Waals surface area contributed by atoms with Gasteiger partial charge in [-0.1, -0.05) is 0 Å². The quantitative estimate of drug-likeness (QED) is 0.446. The van der Waals surface area contributed by atoms with E-state index in [1.54, 1.807) is 0 Å². The van der Waals surface area contributed by atoms with Crippen molar-refractivity contribution in [2.45, 2.75) is 5.44 Å². The number of allylic oxidation sites excluding steroid dienone is 1. The highest BCUT2D eigenvalue weighted by Gasteiger charge is 2.15. The minimum Gasteiger partial charge on any atom is -0.468 e. The molecule has 0 aliphatic carbocycles. The zero-order chi connectivity index (χ0) is 7.72. The number of hydrogen-bond donors (Lipinski definition) is 4. The molecular weight excluding hydrogens is 204 g/mol. The smallest absolute Gasteiger partial charge is 0.173 e. The average Bonchev–Trinajstić information content (AvgIpc) is 1.84. The van der Waals surface area contributed by atoms with Crippen LogP contribution >= 0.6 is 50.5 Å². The minimum absolute atomic E-state index is 0.355. The van der Waals surface area contributed by atoms with E-state index in [-0.39, 0.29) is 5.44 Å². The van der Waals surface area contributed by atoms with Gasteiger partial charge in [-0.2, -0.15) is 0 Å². The highest BCUT2D eigenvalue weighted by molar-refractivity contribution is 7.89. The van der Waals surface area contributed by atoms with Gasteiger partial charge < -0.3 is 4.74 Å². The van der Waals surface area contributed by atoms with Gasteiger partial charge in [-0.05, 0) is 0 Å². The summed E-state index contributed by atoms with van der Waals surface area (Å²) in [6.07, 6.45) is 2.83. The van der Waals surface area contributed by atoms with Crippen LogP contribution in [0.2, 0.25) is 0 Å². The van der Waals surface area contributed by atoms with Crippen LogP contribution in [0, 0.1) is 6.08 Å². The van der Waals surface area contributed by atoms with E-state index < -0.39 is 0 Å². The van der Waals surface area contributed by atoms with Crippen LogP contribution in [0.25, 0.3) is 0 Å². The van der Waals surface area contributed by atoms with Crippen LogP contribution in [0.15, 0.2) is 14.9 Å². The first-order chi connectivity index (χ1) is 4.61. The number of thiol groups is 4. The van der Waals surface area contributed by atoms with Gasteiger partial charge in [0.1, 0.15) is 0 Å². The van der Waals surface area contributed by atoms with Gasteiger partial charge in [0.25, 0.3) is 0 Å². The summed E-state index contributed by atoms with van der Waals surface area (Å²) in [6.45, 7) is 0. The maximum absolute atomic E-state index is 5.07. The molecule has 1 rings (SSSR count). The molecule has 1 nitrogen and oxygen atoms in total. The van der Waals surface area contributed by atoms with Crippen LogP contribution in [-0.4, -0.2) is 5.44 Å². The summed E-state index contributed by atoms with van der Waals surface area (Å²) in [5.74, 6) is 0. The third kappa shape index (κ3) is 1.84. The molecule has 0 spiro atoms. The first-order valence-corrected chi connectivity index (χ1v) is 4.27. The Kier molecular flexibility index (Phi) is 2.97. The van der Waals surface area contributed by atoms with E-state index in [9.17, 15) is 0 Å². The van der Waals surface area contributed by atoms with Crippen molar-refractivity contribution in [1.29, 1.82) is 0 Å². The lowest BCUT2D eigenvalue weighted by atomic mass is 10.4. The van der Waals surface area contributed by atoms with Crippen molar-refractivity contribution >= 4 is 50.5 Å². The number of hydrogen-bond acceptors (Lipinski definition) is 5. The monoisotopic (exact) mass is 209 g/mol. The van der Waals surface area contributed by atoms with E-state index in [0.717, 1.165) is 0 Å². The summed E-state index contributed by atoms with van der Waals surface area (Å²) in [7, 11) is 0. The maximum atomic E-state index is 5.07. The second-order valence-corrected chi connectivity index (χ2v) is 3.44. The fraction of sp³-hybridized carbons (Fsp3) is 0.200. The molecular formula is C5H5OS4. The van der Waals surface area contributed by atoms with Crippen molar-refractivity contribution in [3.05, 3.63) is 21.0 Å². The third-order valence-corrected chi connectivity index (χ3v) is 2.64. The van der Waals surface area contributed by atoms with E-state index in [0.29, 0.717) is 14.9 Å². The second kappa shape index (κ2) is 3.38. The van der Waals surface area contributed by atoms with Crippen LogP contribution in [0.5, 0.6) is 0 Å². The predicted octanol–water partition coefficient (Wildman–Crippen LogP) is 1.92. The van der Waals surface area contributed by atoms with Crippen molar-refractivity contribution in [3.63, 3.8) is 0 Å². The van der Waals surface area contributed by atoms with E-state index in [2.05, 4.69) is 56.6 Å². The summed E-state index contributed by atoms with van der Waals surface area (Å²) in [5.41, 5.74) is -0.355. The molecule has 0 aromatic heterocycles. The second-order valence-electron chi connectivity index (χ2n) is 1.63. The molecule has 0 N–H and O–H groups in total. The van der Waals surface area contributed by atoms with Crippen LogP contribution in [0.1, 0.15) is 0 Å². The van der Waals surface area contributed by atoms with Crippen molar-refractivity contribution in [3.8, 4) is 0 Å². The molecule has 5 heteroatoms. The molecule has 0 bridgehead atoms. The Bertz CT molecular complexity index is 208. The Morgan fingerprint density at radius 3 is 2.40 bits per heavy atom. The third-order valence-electron chi connectivity index (χ3n) is 0.906. The molecule has 1 atom stereocenters. The predicted molar refractivity (Wildman–Crippen MR) is 54.6 cm³/mol. The van der Waals surface area contributed by atoms with Crippen LogP contribution < -0.4 is 0 Å². The Morgan fingerprint density at radius 1 is 1.30 bits per heavy atom. The summed E-state index contributed by atoms with van der Waals surface area (Å²) in [5, 5.41) is 0.432. The zero-order valence-corrected chi connectivity index (χ0v) is 8.35. The van der Waals surface area contributed by atoms with Gasteiger partial charge in [0.05, 0.1) is 4.91 Å². The fourth-order valence-electron chi connectivity index (χ4n) is 0.454. The lowest BCUT2D eigenvalue weighted by molar-refractivity contribution is 0.243. The summed E-state index contributed by atoms with van der Waals surface area (Å²) < 4.78 is 5.07. The van der Waals surface area contributed by atoms with Crippen LogP contribution in [-0.2, 0) is 4.74 Å². The van der Waals surface area contributed by atoms with Gasteiger partial charge in [-0.25, -0.2) is 0 Å². The Balaban J connectivity index is 2.88. The molecule has 10 heavy (non-hydrogen) atoms. The Morgan fingerprint density at radius 2 is 1.90 bits per heavy atom. The molecule has 0 saturated heterocycles. The van der Waals surface area contributed by atoms with Gasteiger partial charge in [0, 0.05) is 11.0 Å². The maximum Gasteiger partial charge on any atom is 0.173 e. The number of rotatable bonds is 0. The molecule has 0 amide bonds. The number of ether oxygens (including phenoxy) is 1. The van der Waals surface area contributed by atoms with Gasteiger partial charge in [0.2, 0.25) is 0 Å². The standard InChI is InChI=1S/C5H5OS4/c7-2-1-3(8)5(10)6-4(2)9/h4,7-10H. The van der Waals surface area contributed by atoms with Gasteiger partial charge in [0.15, 0.2) is 10.5 Å². The SMILES string of the molecule is SC1=[C]C(S)=C(S)OC1S. The van der Waals surface area contributed by atoms with E-state index in [1.165, 1.54) is 0 Å². The highest BCUT2D eigenvalue weighted by atomic mass is 32.1. The van der Waals surface area contributed by atoms with Crippen molar-refractivity contribution in [1.82, 2.24) is 0 Å². The molecule has 1 aliphatic heterocycles. The largest absolute Gasteiger partial charge is 0.468 e. The van der Waals surface area contributed by atoms with E-state index in [4.69, 9.17) is 4.74 Å².